The van der Waals surface area contributed by atoms with Gasteiger partial charge in [0, 0.05) is 67.7 Å². The van der Waals surface area contributed by atoms with Gasteiger partial charge >= 0.3 is 0 Å². The molecule has 24 heteroatoms. The van der Waals surface area contributed by atoms with Crippen LogP contribution in [0.2, 0.25) is 0 Å². The highest BCUT2D eigenvalue weighted by molar-refractivity contribution is 5.97. The third kappa shape index (κ3) is 16.3. The number of nitrogens with one attached hydrogen (secondary N) is 6. The van der Waals surface area contributed by atoms with Crippen LogP contribution in [0.1, 0.15) is 70.3 Å². The van der Waals surface area contributed by atoms with Gasteiger partial charge in [-0.25, -0.2) is 8.78 Å². The predicted molar refractivity (Wildman–Crippen MR) is 277 cm³/mol. The van der Waals surface area contributed by atoms with Crippen molar-refractivity contribution in [3.63, 3.8) is 0 Å². The molecular formula is C54H65F2N11O11. The summed E-state index contributed by atoms with van der Waals surface area (Å²) in [5.74, 6) is -8.36. The minimum Gasteiger partial charge on any atom is -0.387 e. The van der Waals surface area contributed by atoms with Crippen molar-refractivity contribution in [3.05, 3.63) is 126 Å². The van der Waals surface area contributed by atoms with Crippen molar-refractivity contribution in [1.82, 2.24) is 51.3 Å². The number of amides is 9. The molecule has 0 radical (unpaired) electrons. The average molecular weight is 1080 g/mol. The first-order chi connectivity index (χ1) is 37.0. The van der Waals surface area contributed by atoms with Gasteiger partial charge in [-0.2, -0.15) is 0 Å². The molecule has 416 valence electrons. The van der Waals surface area contributed by atoms with Crippen molar-refractivity contribution in [2.24, 2.45) is 11.1 Å². The highest BCUT2D eigenvalue weighted by atomic mass is 19.1. The van der Waals surface area contributed by atoms with Gasteiger partial charge in [-0.1, -0.05) is 51.1 Å². The summed E-state index contributed by atoms with van der Waals surface area (Å²) in [5.41, 5.74) is 6.76. The Morgan fingerprint density at radius 2 is 1.47 bits per heavy atom. The normalized spacial score (nSPS) is 16.5. The molecule has 2 aromatic heterocycles. The molecule has 4 heterocycles. The SMILES string of the molecule is C[C@H](NC(=O)Cc1ccncc1)C(=O)N[C@H](C)C(=O)N[C@@H](CC(N)=O)C(=O)N[C@@H](CCN(C(=O)CO)C(c1cc(-c2cc(F)ccc2F)cn1Cc1ccccc1)C(C)(C)C)C(=O)NCCNC(=O)CN1C(=O)C=CC2OC21. The largest absolute Gasteiger partial charge is 0.387 e. The molecule has 9 amide bonds. The number of benzene rings is 2. The Balaban J connectivity index is 1.23. The van der Waals surface area contributed by atoms with Crippen molar-refractivity contribution in [3.8, 4) is 11.1 Å². The van der Waals surface area contributed by atoms with Gasteiger partial charge < -0.3 is 61.8 Å². The number of epoxide rings is 1. The van der Waals surface area contributed by atoms with Crippen molar-refractivity contribution in [2.45, 2.75) is 103 Å². The lowest BCUT2D eigenvalue weighted by Crippen LogP contribution is -2.58. The number of ether oxygens (including phenoxy) is 1. The molecule has 2 aliphatic rings. The summed E-state index contributed by atoms with van der Waals surface area (Å²) in [5, 5.41) is 25.7. The molecule has 22 nitrogen and oxygen atoms in total. The summed E-state index contributed by atoms with van der Waals surface area (Å²) < 4.78 is 37.2. The Hall–Kier alpha value is -8.38. The molecule has 0 saturated carbocycles. The van der Waals surface area contributed by atoms with Crippen LogP contribution in [0.5, 0.6) is 0 Å². The number of hydrogen-bond acceptors (Lipinski definition) is 12. The van der Waals surface area contributed by atoms with Gasteiger partial charge in [0.25, 0.3) is 0 Å². The Morgan fingerprint density at radius 1 is 0.808 bits per heavy atom. The van der Waals surface area contributed by atoms with Gasteiger partial charge in [-0.3, -0.25) is 48.1 Å². The second kappa shape index (κ2) is 26.6. The number of pyridine rings is 1. The molecule has 78 heavy (non-hydrogen) atoms. The van der Waals surface area contributed by atoms with Crippen molar-refractivity contribution in [1.29, 1.82) is 0 Å². The third-order valence-corrected chi connectivity index (χ3v) is 12.8. The Labute approximate surface area is 448 Å². The van der Waals surface area contributed by atoms with Crippen molar-refractivity contribution in [2.75, 3.05) is 32.8 Å². The number of fused-ring (bicyclic) bond motifs is 1. The standard InChI is InChI=1S/C54H65F2N11O11/c1-31(61-44(70)23-33-15-18-58-19-16-33)49(74)62-32(2)50(75)64-40(26-43(57)69)52(77)63-39(51(76)60-21-20-59-45(71)29-67-46(72)14-13-42-53(67)78-42)17-22-66(47(73)30-68)48(54(3,4)5)41-24-35(37-25-36(55)11-12-38(37)56)28-65(41)27-34-9-7-6-8-10-34/h6-16,18-19,24-25,28,31-32,39-40,42,48,53,68H,17,20-23,26-27,29-30H2,1-5H3,(H2,57,69)(H,59,71)(H,60,76)(H,61,70)(H,62,74)(H,63,77)(H,64,75)/t31-,32+,39-,40-,42?,48?,53?/m0/s1. The number of carbonyl (C=O) groups is 9. The number of hydrogen-bond donors (Lipinski definition) is 8. The van der Waals surface area contributed by atoms with Crippen LogP contribution < -0.4 is 37.6 Å². The first-order valence-electron chi connectivity index (χ1n) is 25.2. The molecule has 0 spiro atoms. The van der Waals surface area contributed by atoms with Crippen LogP contribution in [0.25, 0.3) is 11.1 Å². The maximum atomic E-state index is 15.4. The van der Waals surface area contributed by atoms with Crippen LogP contribution in [-0.2, 0) is 60.9 Å². The van der Waals surface area contributed by atoms with E-state index in [1.54, 1.807) is 35.0 Å². The molecule has 7 atom stereocenters. The quantitative estimate of drug-likeness (QED) is 0.0317. The van der Waals surface area contributed by atoms with Gasteiger partial charge in [0.2, 0.25) is 53.2 Å². The number of carbonyl (C=O) groups excluding carboxylic acids is 9. The Kier molecular flexibility index (Phi) is 20.1. The van der Waals surface area contributed by atoms with E-state index in [1.165, 1.54) is 42.1 Å². The smallest absolute Gasteiger partial charge is 0.248 e. The lowest BCUT2D eigenvalue weighted by molar-refractivity contribution is -0.140. The highest BCUT2D eigenvalue weighted by Gasteiger charge is 2.47. The predicted octanol–water partition coefficient (Wildman–Crippen LogP) is 0.628. The molecule has 0 aliphatic carbocycles. The summed E-state index contributed by atoms with van der Waals surface area (Å²) in [4.78, 5) is 126. The monoisotopic (exact) mass is 1080 g/mol. The molecule has 0 bridgehead atoms. The second-order valence-electron chi connectivity index (χ2n) is 20.0. The number of rotatable bonds is 26. The number of halogens is 2. The minimum absolute atomic E-state index is 0.0518. The molecular weight excluding hydrogens is 1020 g/mol. The Bertz CT molecular complexity index is 2880. The highest BCUT2D eigenvalue weighted by Crippen LogP contribution is 2.41. The summed E-state index contributed by atoms with van der Waals surface area (Å²) in [7, 11) is 0. The number of aliphatic hydroxyl groups excluding tert-OH is 1. The van der Waals surface area contributed by atoms with Crippen LogP contribution in [0, 0.1) is 17.0 Å². The molecule has 9 N–H and O–H groups in total. The van der Waals surface area contributed by atoms with E-state index in [0.717, 1.165) is 23.8 Å². The fourth-order valence-electron chi connectivity index (χ4n) is 8.86. The summed E-state index contributed by atoms with van der Waals surface area (Å²) in [6.45, 7) is 6.27. The first kappa shape index (κ1) is 58.9. The summed E-state index contributed by atoms with van der Waals surface area (Å²) in [6, 6.07) is 10.4. The van der Waals surface area contributed by atoms with E-state index in [2.05, 4.69) is 36.9 Å². The van der Waals surface area contributed by atoms with Gasteiger partial charge in [0.1, 0.15) is 55.1 Å². The van der Waals surface area contributed by atoms with E-state index in [-0.39, 0.29) is 62.8 Å². The van der Waals surface area contributed by atoms with Gasteiger partial charge in [0.05, 0.1) is 18.9 Å². The number of primary amides is 1. The average Bonchev–Trinajstić information content (AvgIpc) is 4.29. The lowest BCUT2D eigenvalue weighted by atomic mass is 9.82. The summed E-state index contributed by atoms with van der Waals surface area (Å²) in [6.07, 6.45) is 5.46. The van der Waals surface area contributed by atoms with E-state index < -0.39 is 120 Å². The first-order valence-corrected chi connectivity index (χ1v) is 25.2. The third-order valence-electron chi connectivity index (χ3n) is 12.8. The molecule has 1 saturated heterocycles. The van der Waals surface area contributed by atoms with Crippen molar-refractivity contribution >= 4 is 53.2 Å². The van der Waals surface area contributed by atoms with E-state index in [4.69, 9.17) is 10.5 Å². The zero-order valence-electron chi connectivity index (χ0n) is 43.8. The van der Waals surface area contributed by atoms with E-state index >= 15 is 4.39 Å². The zero-order chi connectivity index (χ0) is 56.8. The molecule has 2 aromatic carbocycles. The fourth-order valence-corrected chi connectivity index (χ4v) is 8.86. The fraction of sp³-hybridized carbons (Fsp3) is 0.407. The number of nitrogens with zero attached hydrogens (tertiary/aromatic N) is 4. The number of aromatic nitrogens is 2. The molecule has 4 aromatic rings. The van der Waals surface area contributed by atoms with Gasteiger partial charge in [-0.05, 0) is 79.3 Å². The minimum atomic E-state index is -1.73. The van der Waals surface area contributed by atoms with Crippen molar-refractivity contribution < 1.29 is 61.8 Å². The van der Waals surface area contributed by atoms with Crippen LogP contribution in [0.3, 0.4) is 0 Å². The molecule has 2 aliphatic heterocycles. The van der Waals surface area contributed by atoms with Crippen LogP contribution in [0.4, 0.5) is 8.78 Å². The Morgan fingerprint density at radius 3 is 2.15 bits per heavy atom. The van der Waals surface area contributed by atoms with E-state index in [1.807, 2.05) is 51.1 Å². The topological polar surface area (TPSA) is 309 Å². The molecule has 1 fully saturated rings. The number of nitrogens with two attached hydrogens (primary N) is 1. The zero-order valence-corrected chi connectivity index (χ0v) is 43.8. The van der Waals surface area contributed by atoms with Crippen LogP contribution >= 0.6 is 0 Å². The van der Waals surface area contributed by atoms with E-state index in [0.29, 0.717) is 11.3 Å². The molecule has 6 rings (SSSR count). The molecule has 3 unspecified atom stereocenters. The number of aliphatic hydroxyl groups is 1. The van der Waals surface area contributed by atoms with Gasteiger partial charge in [-0.15, -0.1) is 0 Å². The second-order valence-corrected chi connectivity index (χ2v) is 20.0. The maximum absolute atomic E-state index is 15.4. The lowest BCUT2D eigenvalue weighted by Gasteiger charge is -2.41. The van der Waals surface area contributed by atoms with E-state index in [9.17, 15) is 52.6 Å². The van der Waals surface area contributed by atoms with Gasteiger partial charge in [0.15, 0.2) is 6.23 Å². The van der Waals surface area contributed by atoms with Crippen LogP contribution in [-0.4, -0.2) is 147 Å². The van der Waals surface area contributed by atoms with Crippen LogP contribution in [0.15, 0.2) is 97.5 Å². The maximum Gasteiger partial charge on any atom is 0.248 e. The summed E-state index contributed by atoms with van der Waals surface area (Å²) >= 11 is 0.